The summed E-state index contributed by atoms with van der Waals surface area (Å²) in [6.07, 6.45) is 8.10. The minimum Gasteiger partial charge on any atom is -0.392 e. The van der Waals surface area contributed by atoms with Crippen molar-refractivity contribution in [2.24, 2.45) is 35.0 Å². The minimum absolute atomic E-state index is 0.177. The van der Waals surface area contributed by atoms with Gasteiger partial charge in [-0.05, 0) is 85.8 Å². The van der Waals surface area contributed by atoms with Crippen molar-refractivity contribution in [3.8, 4) is 0 Å². The van der Waals surface area contributed by atoms with Crippen LogP contribution in [0.5, 0.6) is 0 Å². The molecule has 0 amide bonds. The van der Waals surface area contributed by atoms with Gasteiger partial charge in [0.05, 0.1) is 12.2 Å². The number of likely N-dealkylation sites (tertiary alicyclic amines) is 1. The van der Waals surface area contributed by atoms with E-state index in [9.17, 15) is 19.0 Å². The van der Waals surface area contributed by atoms with Gasteiger partial charge < -0.3 is 15.1 Å². The Morgan fingerprint density at radius 3 is 2.67 bits per heavy atom. The summed E-state index contributed by atoms with van der Waals surface area (Å²) in [7, 11) is 0. The highest BCUT2D eigenvalue weighted by molar-refractivity contribution is 5.39. The normalized spacial score (nSPS) is 43.6. The van der Waals surface area contributed by atoms with Crippen LogP contribution in [0.15, 0.2) is 35.5 Å². The maximum absolute atomic E-state index is 13.1. The van der Waals surface area contributed by atoms with Gasteiger partial charge >= 0.3 is 0 Å². The lowest BCUT2D eigenvalue weighted by Crippen LogP contribution is -2.39. The van der Waals surface area contributed by atoms with E-state index in [1.165, 1.54) is 31.3 Å². The van der Waals surface area contributed by atoms with E-state index in [1.54, 1.807) is 0 Å². The Kier molecular flexibility index (Phi) is 7.53. The summed E-state index contributed by atoms with van der Waals surface area (Å²) in [6, 6.07) is 0. The van der Waals surface area contributed by atoms with Crippen LogP contribution in [-0.2, 0) is 0 Å². The van der Waals surface area contributed by atoms with Crippen LogP contribution in [0.4, 0.5) is 8.78 Å². The van der Waals surface area contributed by atoms with E-state index in [-0.39, 0.29) is 11.3 Å². The molecule has 1 saturated heterocycles. The van der Waals surface area contributed by atoms with Crippen molar-refractivity contribution < 1.29 is 19.0 Å². The van der Waals surface area contributed by atoms with E-state index in [0.29, 0.717) is 37.1 Å². The summed E-state index contributed by atoms with van der Waals surface area (Å²) in [4.78, 5) is 2.27. The van der Waals surface area contributed by atoms with Crippen molar-refractivity contribution in [3.05, 3.63) is 35.5 Å². The highest BCUT2D eigenvalue weighted by Gasteiger charge is 2.51. The second-order valence-electron chi connectivity index (χ2n) is 11.8. The third-order valence-corrected chi connectivity index (χ3v) is 9.74. The number of hydrogen-bond acceptors (Lipinski definition) is 3. The number of aliphatic hydroxyl groups is 2. The lowest BCUT2D eigenvalue weighted by Gasteiger charge is -2.45. The summed E-state index contributed by atoms with van der Waals surface area (Å²) < 4.78 is 26.2. The van der Waals surface area contributed by atoms with Crippen LogP contribution in [0.25, 0.3) is 0 Å². The maximum Gasteiger partial charge on any atom is 0.242 e. The fraction of sp³-hybridized carbons (Fsp3) is 0.786. The topological polar surface area (TPSA) is 43.7 Å². The predicted octanol–water partition coefficient (Wildman–Crippen LogP) is 5.60. The Morgan fingerprint density at radius 1 is 1.21 bits per heavy atom. The first-order chi connectivity index (χ1) is 15.6. The van der Waals surface area contributed by atoms with Crippen molar-refractivity contribution in [1.82, 2.24) is 4.90 Å². The standard InChI is InChI=1S/C28H43F2NO2/c1-17(15-31-13-11-22(16-31)27(29)30)23-9-10-24-20(6-5-12-28(23,24)4)7-8-21-14-25(32)19(3)26(33)18(21)2/h7-8,17,19,22-27,32-33H,2,5-6,9-16H2,1,3-4H3/b20-7+,21-8-/t17-,19+,22+,23-,24+,25-,26-,28-/m1/s1. The lowest BCUT2D eigenvalue weighted by molar-refractivity contribution is 0.0283. The molecule has 186 valence electrons. The van der Waals surface area contributed by atoms with Crippen LogP contribution in [0.1, 0.15) is 65.7 Å². The SMILES string of the molecule is C=C1/C(=C\C=C2/CCC[C@]3(C)[C@@H]([C@H](C)CN4CC[C@H](C(F)F)C4)CC[C@@H]23)C[C@@H](O)[C@H](C)[C@@H]1O. The highest BCUT2D eigenvalue weighted by atomic mass is 19.3. The molecule has 4 aliphatic rings. The molecule has 0 bridgehead atoms. The van der Waals surface area contributed by atoms with Gasteiger partial charge in [-0.3, -0.25) is 0 Å². The third-order valence-electron chi connectivity index (χ3n) is 9.74. The van der Waals surface area contributed by atoms with Gasteiger partial charge in [0, 0.05) is 24.9 Å². The summed E-state index contributed by atoms with van der Waals surface area (Å²) >= 11 is 0. The first-order valence-corrected chi connectivity index (χ1v) is 13.1. The second kappa shape index (κ2) is 9.91. The molecule has 8 atom stereocenters. The van der Waals surface area contributed by atoms with Crippen molar-refractivity contribution in [2.45, 2.75) is 84.4 Å². The molecular formula is C28H43F2NO2. The smallest absolute Gasteiger partial charge is 0.242 e. The number of alkyl halides is 2. The van der Waals surface area contributed by atoms with E-state index in [0.717, 1.165) is 30.7 Å². The molecule has 4 rings (SSSR count). The molecule has 3 saturated carbocycles. The molecule has 1 aliphatic heterocycles. The second-order valence-corrected chi connectivity index (χ2v) is 11.8. The first-order valence-electron chi connectivity index (χ1n) is 13.1. The van der Waals surface area contributed by atoms with Gasteiger partial charge in [-0.25, -0.2) is 8.78 Å². The zero-order valence-corrected chi connectivity index (χ0v) is 20.6. The van der Waals surface area contributed by atoms with Crippen LogP contribution in [0.3, 0.4) is 0 Å². The van der Waals surface area contributed by atoms with Crippen LogP contribution < -0.4 is 0 Å². The molecule has 2 N–H and O–H groups in total. The van der Waals surface area contributed by atoms with E-state index in [2.05, 4.69) is 37.5 Å². The summed E-state index contributed by atoms with van der Waals surface area (Å²) in [5, 5.41) is 20.7. The Morgan fingerprint density at radius 2 is 1.97 bits per heavy atom. The fourth-order valence-corrected chi connectivity index (χ4v) is 7.63. The molecule has 5 heteroatoms. The quantitative estimate of drug-likeness (QED) is 0.558. The molecule has 0 unspecified atom stereocenters. The number of hydrogen-bond donors (Lipinski definition) is 2. The van der Waals surface area contributed by atoms with Crippen LogP contribution in [0.2, 0.25) is 0 Å². The van der Waals surface area contributed by atoms with Gasteiger partial charge in [0.25, 0.3) is 0 Å². The monoisotopic (exact) mass is 463 g/mol. The fourth-order valence-electron chi connectivity index (χ4n) is 7.63. The summed E-state index contributed by atoms with van der Waals surface area (Å²) in [6.45, 7) is 13.1. The summed E-state index contributed by atoms with van der Waals surface area (Å²) in [5.41, 5.74) is 3.48. The lowest BCUT2D eigenvalue weighted by atomic mass is 9.61. The van der Waals surface area contributed by atoms with Gasteiger partial charge in [-0.2, -0.15) is 0 Å². The number of halogens is 2. The third kappa shape index (κ3) is 4.88. The highest BCUT2D eigenvalue weighted by Crippen LogP contribution is 2.59. The van der Waals surface area contributed by atoms with Crippen LogP contribution in [-0.4, -0.2) is 53.4 Å². The van der Waals surface area contributed by atoms with Gasteiger partial charge in [0.15, 0.2) is 0 Å². The molecule has 3 nitrogen and oxygen atoms in total. The number of fused-ring (bicyclic) bond motifs is 1. The molecule has 0 aromatic carbocycles. The predicted molar refractivity (Wildman–Crippen MR) is 129 cm³/mol. The average molecular weight is 464 g/mol. The van der Waals surface area contributed by atoms with Crippen LogP contribution in [0, 0.1) is 35.0 Å². The van der Waals surface area contributed by atoms with Gasteiger partial charge in [0.1, 0.15) is 0 Å². The summed E-state index contributed by atoms with van der Waals surface area (Å²) in [5.74, 6) is 1.08. The number of allylic oxidation sites excluding steroid dienone is 3. The largest absolute Gasteiger partial charge is 0.392 e. The maximum atomic E-state index is 13.1. The van der Waals surface area contributed by atoms with E-state index in [4.69, 9.17) is 0 Å². The van der Waals surface area contributed by atoms with Crippen molar-refractivity contribution in [3.63, 3.8) is 0 Å². The van der Waals surface area contributed by atoms with Crippen molar-refractivity contribution in [1.29, 1.82) is 0 Å². The van der Waals surface area contributed by atoms with Gasteiger partial charge in [-0.15, -0.1) is 0 Å². The Hall–Kier alpha value is -1.04. The molecule has 0 radical (unpaired) electrons. The molecular weight excluding hydrogens is 420 g/mol. The van der Waals surface area contributed by atoms with Gasteiger partial charge in [-0.1, -0.05) is 45.1 Å². The number of rotatable bonds is 5. The molecule has 0 aromatic rings. The number of aliphatic hydroxyl groups excluding tert-OH is 2. The van der Waals surface area contributed by atoms with E-state index >= 15 is 0 Å². The molecule has 0 aromatic heterocycles. The van der Waals surface area contributed by atoms with E-state index < -0.39 is 24.6 Å². The molecule has 4 fully saturated rings. The van der Waals surface area contributed by atoms with Crippen molar-refractivity contribution in [2.75, 3.05) is 19.6 Å². The Balaban J connectivity index is 1.45. The minimum atomic E-state index is -2.19. The van der Waals surface area contributed by atoms with Crippen LogP contribution >= 0.6 is 0 Å². The zero-order chi connectivity index (χ0) is 23.9. The van der Waals surface area contributed by atoms with E-state index in [1.807, 2.05) is 6.92 Å². The Bertz CT molecular complexity index is 793. The van der Waals surface area contributed by atoms with Crippen molar-refractivity contribution >= 4 is 0 Å². The first kappa shape index (κ1) is 25.1. The zero-order valence-electron chi connectivity index (χ0n) is 20.6. The molecule has 3 aliphatic carbocycles. The van der Waals surface area contributed by atoms with Gasteiger partial charge in [0.2, 0.25) is 6.43 Å². The molecule has 33 heavy (non-hydrogen) atoms. The molecule has 0 spiro atoms. The Labute approximate surface area is 198 Å². The number of nitrogens with zero attached hydrogens (tertiary/aromatic N) is 1. The molecule has 1 heterocycles. The average Bonchev–Trinajstić information content (AvgIpc) is 3.38.